The monoisotopic (exact) mass is 321 g/mol. The van der Waals surface area contributed by atoms with Crippen LogP contribution in [0, 0.1) is 0 Å². The van der Waals surface area contributed by atoms with Gasteiger partial charge in [0.25, 0.3) is 0 Å². The van der Waals surface area contributed by atoms with E-state index in [4.69, 9.17) is 4.74 Å². The van der Waals surface area contributed by atoms with Gasteiger partial charge in [0.2, 0.25) is 0 Å². The number of esters is 1. The first-order valence-corrected chi connectivity index (χ1v) is 8.47. The summed E-state index contributed by atoms with van der Waals surface area (Å²) >= 11 is 1.56. The van der Waals surface area contributed by atoms with Gasteiger partial charge in [-0.2, -0.15) is 0 Å². The third-order valence-corrected chi connectivity index (χ3v) is 4.96. The van der Waals surface area contributed by atoms with E-state index < -0.39 is 0 Å². The first-order chi connectivity index (χ1) is 11.3. The highest BCUT2D eigenvalue weighted by molar-refractivity contribution is 7.19. The van der Waals surface area contributed by atoms with Gasteiger partial charge in [0.1, 0.15) is 10.8 Å². The summed E-state index contributed by atoms with van der Waals surface area (Å²) in [5.41, 5.74) is 3.62. The summed E-state index contributed by atoms with van der Waals surface area (Å²) in [5.74, 6) is 0.242. The van der Waals surface area contributed by atoms with Crippen LogP contribution in [0.2, 0.25) is 0 Å². The molecule has 4 heteroatoms. The number of benzene rings is 2. The van der Waals surface area contributed by atoms with Gasteiger partial charge in [-0.1, -0.05) is 18.2 Å². The van der Waals surface area contributed by atoms with Gasteiger partial charge in [-0.15, -0.1) is 11.3 Å². The van der Waals surface area contributed by atoms with Crippen LogP contribution in [0.1, 0.15) is 22.6 Å². The van der Waals surface area contributed by atoms with Crippen molar-refractivity contribution in [3.63, 3.8) is 0 Å². The fraction of sp³-hybridized carbons (Fsp3) is 0.158. The van der Waals surface area contributed by atoms with E-state index in [0.717, 1.165) is 28.1 Å². The first-order valence-electron chi connectivity index (χ1n) is 7.65. The van der Waals surface area contributed by atoms with Gasteiger partial charge in [0.05, 0.1) is 10.2 Å². The number of ether oxygens (including phenoxy) is 1. The summed E-state index contributed by atoms with van der Waals surface area (Å²) in [5, 5.41) is 0.803. The smallest absolute Gasteiger partial charge is 0.336 e. The van der Waals surface area contributed by atoms with E-state index in [1.165, 1.54) is 23.6 Å². The minimum atomic E-state index is -0.373. The molecule has 0 saturated carbocycles. The highest BCUT2D eigenvalue weighted by atomic mass is 32.1. The van der Waals surface area contributed by atoms with Gasteiger partial charge in [-0.05, 0) is 60.7 Å². The van der Waals surface area contributed by atoms with Gasteiger partial charge in [-0.25, -0.2) is 9.78 Å². The Hall–Kier alpha value is -2.46. The number of rotatable bonds is 3. The van der Waals surface area contributed by atoms with Gasteiger partial charge >= 0.3 is 5.97 Å². The Morgan fingerprint density at radius 2 is 2.00 bits per heavy atom. The number of carbonyl (C=O) groups excluding carboxylic acids is 1. The molecule has 0 atom stereocenters. The van der Waals surface area contributed by atoms with Crippen molar-refractivity contribution in [2.24, 2.45) is 0 Å². The van der Waals surface area contributed by atoms with E-state index in [-0.39, 0.29) is 5.97 Å². The number of hydrogen-bond donors (Lipinski definition) is 0. The minimum Gasteiger partial charge on any atom is -0.423 e. The molecule has 0 amide bonds. The number of carbonyl (C=O) groups is 1. The maximum Gasteiger partial charge on any atom is 0.336 e. The van der Waals surface area contributed by atoms with E-state index >= 15 is 0 Å². The van der Waals surface area contributed by atoms with E-state index in [2.05, 4.69) is 11.1 Å². The molecule has 114 valence electrons. The zero-order chi connectivity index (χ0) is 15.6. The topological polar surface area (TPSA) is 39.2 Å². The van der Waals surface area contributed by atoms with Crippen LogP contribution in [0.25, 0.3) is 16.3 Å². The van der Waals surface area contributed by atoms with Crippen molar-refractivity contribution in [3.8, 4) is 5.75 Å². The van der Waals surface area contributed by atoms with Crippen molar-refractivity contribution in [2.75, 3.05) is 0 Å². The zero-order valence-electron chi connectivity index (χ0n) is 12.5. The molecule has 0 spiro atoms. The van der Waals surface area contributed by atoms with Crippen molar-refractivity contribution in [3.05, 3.63) is 64.7 Å². The van der Waals surface area contributed by atoms with E-state index in [9.17, 15) is 4.79 Å². The molecule has 0 radical (unpaired) electrons. The normalized spacial score (nSPS) is 13.6. The maximum atomic E-state index is 12.0. The molecule has 1 aliphatic carbocycles. The SMILES string of the molecule is O=C(/C=C/c1nc2ccccc2s1)Oc1ccc2c(c1)CCC2. The summed E-state index contributed by atoms with van der Waals surface area (Å²) in [6.45, 7) is 0. The number of aryl methyl sites for hydroxylation is 2. The number of aromatic nitrogens is 1. The Morgan fingerprint density at radius 3 is 2.91 bits per heavy atom. The standard InChI is InChI=1S/C19H15NO2S/c21-19(22-15-9-8-13-4-3-5-14(13)12-15)11-10-18-20-16-6-1-2-7-17(16)23-18/h1-2,6-12H,3-5H2/b11-10+. The van der Waals surface area contributed by atoms with Gasteiger partial charge in [-0.3, -0.25) is 0 Å². The molecule has 0 N–H and O–H groups in total. The lowest BCUT2D eigenvalue weighted by atomic mass is 10.1. The average Bonchev–Trinajstić information content (AvgIpc) is 3.18. The van der Waals surface area contributed by atoms with Crippen LogP contribution in [0.3, 0.4) is 0 Å². The molecule has 1 aromatic heterocycles. The largest absolute Gasteiger partial charge is 0.423 e. The Balaban J connectivity index is 1.47. The highest BCUT2D eigenvalue weighted by Gasteiger charge is 2.12. The lowest BCUT2D eigenvalue weighted by Gasteiger charge is -2.04. The van der Waals surface area contributed by atoms with Gasteiger partial charge in [0.15, 0.2) is 0 Å². The average molecular weight is 321 g/mol. The molecule has 1 aliphatic rings. The molecule has 23 heavy (non-hydrogen) atoms. The third-order valence-electron chi connectivity index (χ3n) is 3.96. The molecule has 0 bridgehead atoms. The molecular formula is C19H15NO2S. The summed E-state index contributed by atoms with van der Waals surface area (Å²) in [4.78, 5) is 16.4. The molecule has 0 fully saturated rings. The fourth-order valence-electron chi connectivity index (χ4n) is 2.86. The molecular weight excluding hydrogens is 306 g/mol. The van der Waals surface area contributed by atoms with Crippen LogP contribution in [-0.4, -0.2) is 11.0 Å². The first kappa shape index (κ1) is 14.2. The number of fused-ring (bicyclic) bond motifs is 2. The Kier molecular flexibility index (Phi) is 3.67. The predicted octanol–water partition coefficient (Wildman–Crippen LogP) is 4.40. The molecule has 3 nitrogen and oxygen atoms in total. The van der Waals surface area contributed by atoms with Crippen LogP contribution in [-0.2, 0) is 17.6 Å². The van der Waals surface area contributed by atoms with E-state index in [0.29, 0.717) is 5.75 Å². The second-order valence-corrected chi connectivity index (χ2v) is 6.62. The lowest BCUT2D eigenvalue weighted by Crippen LogP contribution is -2.04. The van der Waals surface area contributed by atoms with Crippen molar-refractivity contribution < 1.29 is 9.53 Å². The van der Waals surface area contributed by atoms with Crippen LogP contribution in [0.15, 0.2) is 48.5 Å². The quantitative estimate of drug-likeness (QED) is 0.408. The molecule has 3 aromatic rings. The summed E-state index contributed by atoms with van der Waals surface area (Å²) in [6, 6.07) is 13.8. The molecule has 2 aromatic carbocycles. The fourth-order valence-corrected chi connectivity index (χ4v) is 3.73. The minimum absolute atomic E-state index is 0.373. The van der Waals surface area contributed by atoms with Crippen molar-refractivity contribution >= 4 is 33.6 Å². The number of para-hydroxylation sites is 1. The predicted molar refractivity (Wildman–Crippen MR) is 92.8 cm³/mol. The van der Waals surface area contributed by atoms with Gasteiger partial charge < -0.3 is 4.74 Å². The van der Waals surface area contributed by atoms with Crippen LogP contribution in [0.5, 0.6) is 5.75 Å². The zero-order valence-corrected chi connectivity index (χ0v) is 13.3. The van der Waals surface area contributed by atoms with Gasteiger partial charge in [0, 0.05) is 6.08 Å². The number of hydrogen-bond acceptors (Lipinski definition) is 4. The maximum absolute atomic E-state index is 12.0. The van der Waals surface area contributed by atoms with Crippen LogP contribution in [0.4, 0.5) is 0 Å². The molecule has 4 rings (SSSR count). The second-order valence-electron chi connectivity index (χ2n) is 5.56. The molecule has 0 aliphatic heterocycles. The summed E-state index contributed by atoms with van der Waals surface area (Å²) < 4.78 is 6.50. The van der Waals surface area contributed by atoms with Crippen molar-refractivity contribution in [1.82, 2.24) is 4.98 Å². The summed E-state index contributed by atoms with van der Waals surface area (Å²) in [6.07, 6.45) is 6.53. The van der Waals surface area contributed by atoms with Crippen LogP contribution < -0.4 is 4.74 Å². The number of thiazole rings is 1. The molecule has 1 heterocycles. The molecule has 0 unspecified atom stereocenters. The molecule has 0 saturated heterocycles. The Bertz CT molecular complexity index is 878. The lowest BCUT2D eigenvalue weighted by molar-refractivity contribution is -0.128. The second kappa shape index (κ2) is 5.97. The van der Waals surface area contributed by atoms with E-state index in [1.807, 2.05) is 36.4 Å². The number of nitrogens with zero attached hydrogens (tertiary/aromatic N) is 1. The Morgan fingerprint density at radius 1 is 1.13 bits per heavy atom. The van der Waals surface area contributed by atoms with Crippen molar-refractivity contribution in [1.29, 1.82) is 0 Å². The third kappa shape index (κ3) is 3.03. The van der Waals surface area contributed by atoms with Crippen LogP contribution >= 0.6 is 11.3 Å². The Labute approximate surface area is 138 Å². The summed E-state index contributed by atoms with van der Waals surface area (Å²) in [7, 11) is 0. The highest BCUT2D eigenvalue weighted by Crippen LogP contribution is 2.26. The van der Waals surface area contributed by atoms with Crippen molar-refractivity contribution in [2.45, 2.75) is 19.3 Å². The van der Waals surface area contributed by atoms with E-state index in [1.54, 1.807) is 17.4 Å².